The third-order valence-corrected chi connectivity index (χ3v) is 5.84. The molecule has 1 unspecified atom stereocenters. The smallest absolute Gasteiger partial charge is 0.320 e. The van der Waals surface area contributed by atoms with Crippen LogP contribution in [0.3, 0.4) is 0 Å². The maximum atomic E-state index is 12.5. The molecular formula is C28H27N3O3. The quantitative estimate of drug-likeness (QED) is 0.329. The van der Waals surface area contributed by atoms with E-state index in [-0.39, 0.29) is 12.3 Å². The van der Waals surface area contributed by atoms with Crippen LogP contribution in [-0.4, -0.2) is 34.6 Å². The molecule has 34 heavy (non-hydrogen) atoms. The molecule has 6 nitrogen and oxygen atoms in total. The van der Waals surface area contributed by atoms with Crippen LogP contribution in [0.25, 0.3) is 22.0 Å². The minimum absolute atomic E-state index is 0.152. The van der Waals surface area contributed by atoms with Crippen LogP contribution in [0.15, 0.2) is 85.1 Å². The molecule has 4 rings (SSSR count). The minimum Gasteiger partial charge on any atom is -0.480 e. The Kier molecular flexibility index (Phi) is 7.30. The van der Waals surface area contributed by atoms with Crippen LogP contribution in [-0.2, 0) is 17.6 Å². The van der Waals surface area contributed by atoms with Crippen LogP contribution in [0.2, 0.25) is 0 Å². The van der Waals surface area contributed by atoms with E-state index < -0.39 is 12.0 Å². The summed E-state index contributed by atoms with van der Waals surface area (Å²) in [5.74, 6) is -1.19. The van der Waals surface area contributed by atoms with Gasteiger partial charge in [-0.1, -0.05) is 60.7 Å². The number of carboxylic acids is 1. The molecule has 1 aromatic heterocycles. The summed E-state index contributed by atoms with van der Waals surface area (Å²) in [5, 5.41) is 13.0. The standard InChI is InChI=1S/C28H27N3O3/c29-25(28(33)34)18-19-12-14-22(15-13-19)27(32)31-17-4-8-20-6-1-2-10-23(20)24-11-3-7-21-9-5-16-30-26(21)24/h1-3,5-7,9-16,25H,4,8,17-18,29H2,(H,31,32)(H,33,34). The lowest BCUT2D eigenvalue weighted by atomic mass is 9.95. The lowest BCUT2D eigenvalue weighted by Gasteiger charge is -2.12. The van der Waals surface area contributed by atoms with Crippen molar-refractivity contribution in [1.82, 2.24) is 10.3 Å². The lowest BCUT2D eigenvalue weighted by molar-refractivity contribution is -0.138. The summed E-state index contributed by atoms with van der Waals surface area (Å²) in [4.78, 5) is 28.0. The topological polar surface area (TPSA) is 105 Å². The molecule has 4 aromatic rings. The highest BCUT2D eigenvalue weighted by Gasteiger charge is 2.13. The van der Waals surface area contributed by atoms with Crippen molar-refractivity contribution in [2.24, 2.45) is 5.73 Å². The molecule has 0 aliphatic rings. The van der Waals surface area contributed by atoms with Gasteiger partial charge in [0.25, 0.3) is 5.91 Å². The minimum atomic E-state index is -1.04. The van der Waals surface area contributed by atoms with E-state index in [2.05, 4.69) is 46.7 Å². The van der Waals surface area contributed by atoms with Gasteiger partial charge in [-0.25, -0.2) is 0 Å². The number of aryl methyl sites for hydroxylation is 1. The highest BCUT2D eigenvalue weighted by molar-refractivity contribution is 5.95. The number of hydrogen-bond donors (Lipinski definition) is 3. The Balaban J connectivity index is 1.36. The SMILES string of the molecule is NC(Cc1ccc(C(=O)NCCCc2ccccc2-c2cccc3cccnc23)cc1)C(=O)O. The average Bonchev–Trinajstić information content (AvgIpc) is 2.87. The van der Waals surface area contributed by atoms with Crippen molar-refractivity contribution in [1.29, 1.82) is 0 Å². The molecule has 0 fully saturated rings. The van der Waals surface area contributed by atoms with E-state index in [1.54, 1.807) is 24.3 Å². The van der Waals surface area contributed by atoms with Gasteiger partial charge >= 0.3 is 5.97 Å². The molecule has 0 spiro atoms. The van der Waals surface area contributed by atoms with Crippen molar-refractivity contribution in [3.63, 3.8) is 0 Å². The number of nitrogens with zero attached hydrogens (tertiary/aromatic N) is 1. The molecular weight excluding hydrogens is 426 g/mol. The Hall–Kier alpha value is -4.03. The number of nitrogens with two attached hydrogens (primary N) is 1. The average molecular weight is 454 g/mol. The van der Waals surface area contributed by atoms with E-state index in [1.807, 2.05) is 24.4 Å². The molecule has 6 heteroatoms. The van der Waals surface area contributed by atoms with Crippen LogP contribution in [0.4, 0.5) is 0 Å². The van der Waals surface area contributed by atoms with Gasteiger partial charge in [0.15, 0.2) is 0 Å². The first-order valence-corrected chi connectivity index (χ1v) is 11.3. The van der Waals surface area contributed by atoms with Crippen LogP contribution in [0.1, 0.15) is 27.9 Å². The second-order valence-electron chi connectivity index (χ2n) is 8.24. The predicted molar refractivity (Wildman–Crippen MR) is 134 cm³/mol. The first-order chi connectivity index (χ1) is 16.5. The summed E-state index contributed by atoms with van der Waals surface area (Å²) in [5.41, 5.74) is 11.4. The van der Waals surface area contributed by atoms with Gasteiger partial charge in [0, 0.05) is 29.3 Å². The number of nitrogens with one attached hydrogen (secondary N) is 1. The Morgan fingerprint density at radius 3 is 2.44 bits per heavy atom. The summed E-state index contributed by atoms with van der Waals surface area (Å²) in [7, 11) is 0. The number of aromatic nitrogens is 1. The van der Waals surface area contributed by atoms with E-state index >= 15 is 0 Å². The summed E-state index contributed by atoms with van der Waals surface area (Å²) in [6.07, 6.45) is 3.66. The fourth-order valence-corrected chi connectivity index (χ4v) is 4.04. The van der Waals surface area contributed by atoms with Crippen molar-refractivity contribution in [3.8, 4) is 11.1 Å². The molecule has 0 bridgehead atoms. The summed E-state index contributed by atoms with van der Waals surface area (Å²) in [6.45, 7) is 0.548. The van der Waals surface area contributed by atoms with Gasteiger partial charge in [0.2, 0.25) is 0 Å². The zero-order chi connectivity index (χ0) is 23.9. The number of pyridine rings is 1. The van der Waals surface area contributed by atoms with E-state index in [4.69, 9.17) is 10.8 Å². The van der Waals surface area contributed by atoms with Gasteiger partial charge in [-0.2, -0.15) is 0 Å². The maximum absolute atomic E-state index is 12.5. The number of benzene rings is 3. The van der Waals surface area contributed by atoms with Gasteiger partial charge in [-0.3, -0.25) is 14.6 Å². The van der Waals surface area contributed by atoms with E-state index in [9.17, 15) is 9.59 Å². The lowest BCUT2D eigenvalue weighted by Crippen LogP contribution is -2.32. The molecule has 1 amide bonds. The van der Waals surface area contributed by atoms with Gasteiger partial charge < -0.3 is 16.2 Å². The fourth-order valence-electron chi connectivity index (χ4n) is 4.04. The van der Waals surface area contributed by atoms with Crippen LogP contribution < -0.4 is 11.1 Å². The van der Waals surface area contributed by atoms with Gasteiger partial charge in [-0.05, 0) is 54.2 Å². The third kappa shape index (κ3) is 5.47. The molecule has 0 saturated carbocycles. The largest absolute Gasteiger partial charge is 0.480 e. The molecule has 1 atom stereocenters. The number of carbonyl (C=O) groups excluding carboxylic acids is 1. The molecule has 1 heterocycles. The second kappa shape index (κ2) is 10.7. The van der Waals surface area contributed by atoms with Crippen LogP contribution in [0, 0.1) is 0 Å². The summed E-state index contributed by atoms with van der Waals surface area (Å²) >= 11 is 0. The Morgan fingerprint density at radius 1 is 0.912 bits per heavy atom. The Morgan fingerprint density at radius 2 is 1.65 bits per heavy atom. The predicted octanol–water partition coefficient (Wildman–Crippen LogP) is 4.22. The number of carboxylic acid groups (broad SMARTS) is 1. The van der Waals surface area contributed by atoms with Gasteiger partial charge in [0.05, 0.1) is 5.52 Å². The Bertz CT molecular complexity index is 1300. The summed E-state index contributed by atoms with van der Waals surface area (Å²) in [6, 6.07) is 24.5. The second-order valence-corrected chi connectivity index (χ2v) is 8.24. The van der Waals surface area contributed by atoms with Crippen molar-refractivity contribution in [2.75, 3.05) is 6.54 Å². The molecule has 4 N–H and O–H groups in total. The number of para-hydroxylation sites is 1. The molecule has 172 valence electrons. The van der Waals surface area contributed by atoms with Crippen molar-refractivity contribution in [2.45, 2.75) is 25.3 Å². The van der Waals surface area contributed by atoms with Gasteiger partial charge in [-0.15, -0.1) is 0 Å². The first-order valence-electron chi connectivity index (χ1n) is 11.3. The molecule has 0 radical (unpaired) electrons. The molecule has 3 aromatic carbocycles. The normalized spacial score (nSPS) is 11.8. The highest BCUT2D eigenvalue weighted by Crippen LogP contribution is 2.30. The van der Waals surface area contributed by atoms with E-state index in [1.165, 1.54) is 5.56 Å². The molecule has 0 aliphatic heterocycles. The zero-order valence-electron chi connectivity index (χ0n) is 18.8. The van der Waals surface area contributed by atoms with Crippen molar-refractivity contribution < 1.29 is 14.7 Å². The third-order valence-electron chi connectivity index (χ3n) is 5.84. The number of amides is 1. The number of carbonyl (C=O) groups is 2. The number of hydrogen-bond acceptors (Lipinski definition) is 4. The van der Waals surface area contributed by atoms with E-state index in [0.717, 1.165) is 40.4 Å². The van der Waals surface area contributed by atoms with Crippen molar-refractivity contribution in [3.05, 3.63) is 102 Å². The Labute approximate surface area is 198 Å². The number of rotatable bonds is 9. The summed E-state index contributed by atoms with van der Waals surface area (Å²) < 4.78 is 0. The number of fused-ring (bicyclic) bond motifs is 1. The number of aliphatic carboxylic acids is 1. The molecule has 0 aliphatic carbocycles. The van der Waals surface area contributed by atoms with Crippen LogP contribution >= 0.6 is 0 Å². The first kappa shape index (κ1) is 23.1. The highest BCUT2D eigenvalue weighted by atomic mass is 16.4. The van der Waals surface area contributed by atoms with Crippen LogP contribution in [0.5, 0.6) is 0 Å². The van der Waals surface area contributed by atoms with Crippen molar-refractivity contribution >= 4 is 22.8 Å². The maximum Gasteiger partial charge on any atom is 0.320 e. The monoisotopic (exact) mass is 453 g/mol. The zero-order valence-corrected chi connectivity index (χ0v) is 18.8. The fraction of sp³-hybridized carbons (Fsp3) is 0.179. The van der Waals surface area contributed by atoms with Gasteiger partial charge in [0.1, 0.15) is 6.04 Å². The molecule has 0 saturated heterocycles. The van der Waals surface area contributed by atoms with E-state index in [0.29, 0.717) is 12.1 Å².